The highest BCUT2D eigenvalue weighted by molar-refractivity contribution is 8.18. The van der Waals surface area contributed by atoms with E-state index in [0.29, 0.717) is 16.4 Å². The van der Waals surface area contributed by atoms with Crippen LogP contribution in [0.3, 0.4) is 0 Å². The van der Waals surface area contributed by atoms with Crippen molar-refractivity contribution in [2.45, 2.75) is 4.90 Å². The van der Waals surface area contributed by atoms with Gasteiger partial charge in [0.25, 0.3) is 21.2 Å². The quantitative estimate of drug-likeness (QED) is 0.364. The molecule has 0 radical (unpaired) electrons. The van der Waals surface area contributed by atoms with Crippen molar-refractivity contribution in [2.75, 3.05) is 4.72 Å². The van der Waals surface area contributed by atoms with E-state index in [9.17, 15) is 23.1 Å². The van der Waals surface area contributed by atoms with E-state index in [2.05, 4.69) is 10.0 Å². The maximum Gasteiger partial charge on any atom is 0.290 e. The number of imide groups is 1. The molecule has 0 atom stereocenters. The zero-order valence-corrected chi connectivity index (χ0v) is 17.9. The van der Waals surface area contributed by atoms with Gasteiger partial charge in [0.2, 0.25) is 0 Å². The first-order valence-corrected chi connectivity index (χ1v) is 11.5. The summed E-state index contributed by atoms with van der Waals surface area (Å²) >= 11 is 0.842. The Hall–Kier alpha value is -3.76. The molecular weight excluding hydrogens is 452 g/mol. The van der Waals surface area contributed by atoms with Gasteiger partial charge in [-0.2, -0.15) is 0 Å². The van der Waals surface area contributed by atoms with Crippen LogP contribution in [0.1, 0.15) is 5.56 Å². The van der Waals surface area contributed by atoms with Crippen LogP contribution in [0.2, 0.25) is 0 Å². The fourth-order valence-electron chi connectivity index (χ4n) is 2.79. The van der Waals surface area contributed by atoms with Crippen molar-refractivity contribution in [1.29, 1.82) is 0 Å². The first kappa shape index (κ1) is 21.5. The molecule has 162 valence electrons. The van der Waals surface area contributed by atoms with Crippen molar-refractivity contribution in [3.8, 4) is 17.2 Å². The predicted molar refractivity (Wildman–Crippen MR) is 121 cm³/mol. The Morgan fingerprint density at radius 2 is 1.53 bits per heavy atom. The number of carbonyl (C=O) groups is 2. The first-order chi connectivity index (χ1) is 15.3. The fourth-order valence-corrected chi connectivity index (χ4v) is 4.55. The minimum absolute atomic E-state index is 0.0111. The van der Waals surface area contributed by atoms with E-state index in [1.54, 1.807) is 42.5 Å². The Morgan fingerprint density at radius 1 is 0.906 bits per heavy atom. The minimum atomic E-state index is -3.88. The molecule has 0 bridgehead atoms. The maximum atomic E-state index is 12.5. The number of hydrogen-bond acceptors (Lipinski definition) is 7. The normalized spacial score (nSPS) is 14.9. The molecule has 1 fully saturated rings. The number of anilines is 1. The summed E-state index contributed by atoms with van der Waals surface area (Å²) in [5.74, 6) is 0.338. The maximum absolute atomic E-state index is 12.5. The predicted octanol–water partition coefficient (Wildman–Crippen LogP) is 4.31. The smallest absolute Gasteiger partial charge is 0.290 e. The van der Waals surface area contributed by atoms with Gasteiger partial charge in [0, 0.05) is 0 Å². The topological polar surface area (TPSA) is 122 Å². The average Bonchev–Trinajstić information content (AvgIpc) is 3.08. The summed E-state index contributed by atoms with van der Waals surface area (Å²) in [4.78, 5) is 23.2. The SMILES string of the molecule is O=C1NC(=O)C(=Cc2ccc(Oc3ccc(S(=O)(=O)Nc4ccccc4O)cc3)cc2)S1. The minimum Gasteiger partial charge on any atom is -0.506 e. The fraction of sp³-hybridized carbons (Fsp3) is 0. The van der Waals surface area contributed by atoms with E-state index >= 15 is 0 Å². The summed E-state index contributed by atoms with van der Waals surface area (Å²) < 4.78 is 33.1. The second-order valence-corrected chi connectivity index (χ2v) is 9.31. The molecule has 1 aliphatic heterocycles. The highest BCUT2D eigenvalue weighted by Gasteiger charge is 2.24. The van der Waals surface area contributed by atoms with Crippen LogP contribution in [-0.2, 0) is 14.8 Å². The monoisotopic (exact) mass is 468 g/mol. The number of carbonyl (C=O) groups excluding carboxylic acids is 2. The van der Waals surface area contributed by atoms with Crippen LogP contribution < -0.4 is 14.8 Å². The van der Waals surface area contributed by atoms with Crippen LogP contribution in [0, 0.1) is 0 Å². The summed E-state index contributed by atoms with van der Waals surface area (Å²) in [6.45, 7) is 0. The molecule has 0 spiro atoms. The van der Waals surface area contributed by atoms with Crippen LogP contribution in [-0.4, -0.2) is 24.7 Å². The molecule has 0 unspecified atom stereocenters. The van der Waals surface area contributed by atoms with Crippen molar-refractivity contribution >= 4 is 44.7 Å². The van der Waals surface area contributed by atoms with Crippen molar-refractivity contribution in [2.24, 2.45) is 0 Å². The van der Waals surface area contributed by atoms with Gasteiger partial charge in [-0.1, -0.05) is 24.3 Å². The lowest BCUT2D eigenvalue weighted by atomic mass is 10.2. The molecule has 0 aliphatic carbocycles. The lowest BCUT2D eigenvalue weighted by molar-refractivity contribution is -0.115. The number of phenols is 1. The van der Waals surface area contributed by atoms with E-state index in [1.807, 2.05) is 0 Å². The zero-order chi connectivity index (χ0) is 22.7. The van der Waals surface area contributed by atoms with Gasteiger partial charge < -0.3 is 9.84 Å². The third-order valence-electron chi connectivity index (χ3n) is 4.34. The highest BCUT2D eigenvalue weighted by atomic mass is 32.2. The largest absolute Gasteiger partial charge is 0.506 e. The summed E-state index contributed by atoms with van der Waals surface area (Å²) in [7, 11) is -3.88. The number of rotatable bonds is 6. The van der Waals surface area contributed by atoms with Crippen LogP contribution in [0.15, 0.2) is 82.6 Å². The van der Waals surface area contributed by atoms with Gasteiger partial charge in [0.15, 0.2) is 0 Å². The average molecular weight is 469 g/mol. The number of sulfonamides is 1. The molecular formula is C22H16N2O6S2. The number of ether oxygens (including phenoxy) is 1. The Labute approximate surface area is 188 Å². The molecule has 3 aromatic carbocycles. The number of hydrogen-bond donors (Lipinski definition) is 3. The number of aromatic hydroxyl groups is 1. The lowest BCUT2D eigenvalue weighted by Crippen LogP contribution is -2.17. The molecule has 0 aromatic heterocycles. The summed E-state index contributed by atoms with van der Waals surface area (Å²) in [6, 6.07) is 18.7. The van der Waals surface area contributed by atoms with Crippen molar-refractivity contribution in [3.63, 3.8) is 0 Å². The third-order valence-corrected chi connectivity index (χ3v) is 6.53. The molecule has 3 aromatic rings. The molecule has 10 heteroatoms. The van der Waals surface area contributed by atoms with Gasteiger partial charge >= 0.3 is 0 Å². The van der Waals surface area contributed by atoms with Gasteiger partial charge in [0.05, 0.1) is 15.5 Å². The van der Waals surface area contributed by atoms with Crippen LogP contribution in [0.4, 0.5) is 10.5 Å². The van der Waals surface area contributed by atoms with Crippen molar-refractivity contribution in [1.82, 2.24) is 5.32 Å². The van der Waals surface area contributed by atoms with Gasteiger partial charge in [-0.15, -0.1) is 0 Å². The molecule has 0 saturated carbocycles. The van der Waals surface area contributed by atoms with Gasteiger partial charge in [-0.25, -0.2) is 8.42 Å². The van der Waals surface area contributed by atoms with E-state index < -0.39 is 21.2 Å². The van der Waals surface area contributed by atoms with E-state index in [-0.39, 0.29) is 16.3 Å². The number of phenolic OH excluding ortho intramolecular Hbond substituents is 1. The molecule has 1 aliphatic rings. The Bertz CT molecular complexity index is 1320. The van der Waals surface area contributed by atoms with Gasteiger partial charge in [-0.05, 0) is 71.9 Å². The van der Waals surface area contributed by atoms with Gasteiger partial charge in [0.1, 0.15) is 17.2 Å². The summed E-state index contributed by atoms with van der Waals surface area (Å²) in [5.41, 5.74) is 0.808. The number of para-hydroxylation sites is 2. The number of amides is 2. The third kappa shape index (κ3) is 4.93. The van der Waals surface area contributed by atoms with Crippen LogP contribution in [0.25, 0.3) is 6.08 Å². The second-order valence-electron chi connectivity index (χ2n) is 6.62. The number of thioether (sulfide) groups is 1. The molecule has 32 heavy (non-hydrogen) atoms. The van der Waals surface area contributed by atoms with E-state index in [0.717, 1.165) is 17.3 Å². The molecule has 1 heterocycles. The zero-order valence-electron chi connectivity index (χ0n) is 16.3. The lowest BCUT2D eigenvalue weighted by Gasteiger charge is -2.10. The van der Waals surface area contributed by atoms with Gasteiger partial charge in [-0.3, -0.25) is 19.6 Å². The second kappa shape index (κ2) is 8.77. The Balaban J connectivity index is 1.43. The van der Waals surface area contributed by atoms with Crippen molar-refractivity contribution < 1.29 is 27.9 Å². The molecule has 8 nitrogen and oxygen atoms in total. The molecule has 2 amide bonds. The molecule has 3 N–H and O–H groups in total. The first-order valence-electron chi connectivity index (χ1n) is 9.24. The van der Waals surface area contributed by atoms with Crippen LogP contribution in [0.5, 0.6) is 17.2 Å². The Morgan fingerprint density at radius 3 is 2.12 bits per heavy atom. The van der Waals surface area contributed by atoms with E-state index in [4.69, 9.17) is 4.74 Å². The van der Waals surface area contributed by atoms with Crippen LogP contribution >= 0.6 is 11.8 Å². The summed E-state index contributed by atoms with van der Waals surface area (Å²) in [6.07, 6.45) is 1.60. The molecule has 1 saturated heterocycles. The van der Waals surface area contributed by atoms with E-state index in [1.165, 1.54) is 36.4 Å². The summed E-state index contributed by atoms with van der Waals surface area (Å²) in [5, 5.41) is 11.6. The van der Waals surface area contributed by atoms with Crippen molar-refractivity contribution in [3.05, 3.63) is 83.3 Å². The standard InChI is InChI=1S/C22H16N2O6S2/c25-19-4-2-1-3-18(19)24-32(28,29)17-11-9-16(10-12-17)30-15-7-5-14(6-8-15)13-20-21(26)23-22(27)31-20/h1-13,24-25H,(H,23,26,27). The Kier molecular flexibility index (Phi) is 5.89. The number of nitrogens with one attached hydrogen (secondary N) is 2. The number of benzene rings is 3. The highest BCUT2D eigenvalue weighted by Crippen LogP contribution is 2.29. The molecule has 4 rings (SSSR count).